The lowest BCUT2D eigenvalue weighted by Crippen LogP contribution is -2.52. The fourth-order valence-electron chi connectivity index (χ4n) is 8.73. The van der Waals surface area contributed by atoms with Crippen molar-refractivity contribution in [2.45, 2.75) is 83.5 Å². The van der Waals surface area contributed by atoms with Crippen LogP contribution in [0.25, 0.3) is 0 Å². The summed E-state index contributed by atoms with van der Waals surface area (Å²) in [6.07, 6.45) is 17.3. The van der Waals surface area contributed by atoms with Crippen molar-refractivity contribution in [2.24, 2.45) is 46.8 Å². The minimum atomic E-state index is -0.457. The third-order valence-corrected chi connectivity index (χ3v) is 9.59. The zero-order valence-corrected chi connectivity index (χ0v) is 15.1. The van der Waals surface area contributed by atoms with E-state index in [-0.39, 0.29) is 5.41 Å². The number of rotatable bonds is 1. The van der Waals surface area contributed by atoms with Crippen LogP contribution in [-0.2, 0) is 4.79 Å². The Bertz CT molecular complexity index is 514. The summed E-state index contributed by atoms with van der Waals surface area (Å²) in [7, 11) is 0. The first-order chi connectivity index (χ1) is 11.7. The highest BCUT2D eigenvalue weighted by molar-refractivity contribution is 5.75. The topological polar surface area (TPSA) is 37.3 Å². The molecule has 5 fully saturated rings. The molecule has 0 aliphatic heterocycles. The summed E-state index contributed by atoms with van der Waals surface area (Å²) < 4.78 is 0. The highest BCUT2D eigenvalue weighted by Gasteiger charge is 2.59. The van der Waals surface area contributed by atoms with Gasteiger partial charge in [-0.05, 0) is 99.2 Å². The molecule has 24 heavy (non-hydrogen) atoms. The van der Waals surface area contributed by atoms with Crippen molar-refractivity contribution >= 4 is 5.97 Å². The molecule has 0 aromatic rings. The number of hydrogen-bond donors (Lipinski definition) is 1. The summed E-state index contributed by atoms with van der Waals surface area (Å²) in [5, 5.41) is 9.98. The smallest absolute Gasteiger partial charge is 0.309 e. The normalized spacial score (nSPS) is 53.4. The van der Waals surface area contributed by atoms with Gasteiger partial charge in [0, 0.05) is 0 Å². The first-order valence-corrected chi connectivity index (χ1v) is 10.9. The molecule has 5 aliphatic rings. The lowest BCUT2D eigenvalue weighted by molar-refractivity contribution is -0.162. The van der Waals surface area contributed by atoms with E-state index in [1.165, 1.54) is 70.6 Å². The number of fused-ring (bicyclic) bond motifs is 7. The van der Waals surface area contributed by atoms with Crippen LogP contribution in [0.1, 0.15) is 83.5 Å². The molecule has 0 radical (unpaired) electrons. The Kier molecular flexibility index (Phi) is 3.76. The largest absolute Gasteiger partial charge is 0.481 e. The van der Waals surface area contributed by atoms with Gasteiger partial charge < -0.3 is 5.11 Å². The fraction of sp³-hybridized carbons (Fsp3) is 0.955. The van der Waals surface area contributed by atoms with E-state index in [9.17, 15) is 9.90 Å². The first-order valence-electron chi connectivity index (χ1n) is 10.9. The van der Waals surface area contributed by atoms with Crippen molar-refractivity contribution < 1.29 is 9.90 Å². The van der Waals surface area contributed by atoms with Gasteiger partial charge >= 0.3 is 5.97 Å². The molecular formula is C22H34O2. The van der Waals surface area contributed by atoms with Gasteiger partial charge in [-0.2, -0.15) is 0 Å². The van der Waals surface area contributed by atoms with Gasteiger partial charge in [-0.15, -0.1) is 0 Å². The molecule has 1 N–H and O–H groups in total. The zero-order chi connectivity index (χ0) is 16.3. The molecule has 0 spiro atoms. The second-order valence-corrected chi connectivity index (χ2v) is 10.0. The molecule has 5 saturated carbocycles. The van der Waals surface area contributed by atoms with E-state index < -0.39 is 5.97 Å². The second kappa shape index (κ2) is 5.74. The van der Waals surface area contributed by atoms with Gasteiger partial charge in [0.25, 0.3) is 0 Å². The predicted molar refractivity (Wildman–Crippen MR) is 94.5 cm³/mol. The monoisotopic (exact) mass is 330 g/mol. The molecule has 0 amide bonds. The number of carboxylic acid groups (broad SMARTS) is 1. The van der Waals surface area contributed by atoms with E-state index in [0.717, 1.165) is 48.3 Å². The Morgan fingerprint density at radius 2 is 1.38 bits per heavy atom. The molecule has 0 saturated heterocycles. The van der Waals surface area contributed by atoms with E-state index in [2.05, 4.69) is 0 Å². The minimum Gasteiger partial charge on any atom is -0.481 e. The lowest BCUT2D eigenvalue weighted by Gasteiger charge is -2.57. The Labute approximate surface area is 146 Å². The van der Waals surface area contributed by atoms with Gasteiger partial charge in [-0.1, -0.05) is 25.7 Å². The maximum atomic E-state index is 12.1. The van der Waals surface area contributed by atoms with Gasteiger partial charge in [0.2, 0.25) is 0 Å². The molecule has 0 heterocycles. The van der Waals surface area contributed by atoms with Crippen LogP contribution in [0, 0.1) is 46.8 Å². The molecule has 5 aliphatic carbocycles. The molecule has 0 aromatic carbocycles. The van der Waals surface area contributed by atoms with Crippen LogP contribution in [0.2, 0.25) is 0 Å². The van der Waals surface area contributed by atoms with Crippen molar-refractivity contribution in [3.8, 4) is 0 Å². The highest BCUT2D eigenvalue weighted by Crippen LogP contribution is 2.64. The number of carboxylic acids is 1. The van der Waals surface area contributed by atoms with Gasteiger partial charge in [0.1, 0.15) is 0 Å². The van der Waals surface area contributed by atoms with Crippen molar-refractivity contribution in [1.29, 1.82) is 0 Å². The molecule has 8 atom stereocenters. The molecular weight excluding hydrogens is 296 g/mol. The van der Waals surface area contributed by atoms with Gasteiger partial charge in [0.05, 0.1) is 5.41 Å². The van der Waals surface area contributed by atoms with E-state index in [4.69, 9.17) is 0 Å². The number of carbonyl (C=O) groups is 1. The second-order valence-electron chi connectivity index (χ2n) is 10.0. The summed E-state index contributed by atoms with van der Waals surface area (Å²) >= 11 is 0. The SMILES string of the molecule is O=C(O)C12CCCC1C1CCC3C4CCCCC4CCC3C1CC2. The maximum Gasteiger partial charge on any atom is 0.309 e. The van der Waals surface area contributed by atoms with Crippen LogP contribution in [0.15, 0.2) is 0 Å². The lowest BCUT2D eigenvalue weighted by atomic mass is 9.47. The quantitative estimate of drug-likeness (QED) is 0.688. The van der Waals surface area contributed by atoms with Gasteiger partial charge in [-0.25, -0.2) is 0 Å². The van der Waals surface area contributed by atoms with Crippen LogP contribution in [0.5, 0.6) is 0 Å². The first kappa shape index (κ1) is 15.7. The summed E-state index contributed by atoms with van der Waals surface area (Å²) in [6, 6.07) is 0. The third kappa shape index (κ3) is 2.10. The summed E-state index contributed by atoms with van der Waals surface area (Å²) in [4.78, 5) is 12.1. The summed E-state index contributed by atoms with van der Waals surface area (Å²) in [6.45, 7) is 0. The fourth-order valence-corrected chi connectivity index (χ4v) is 8.73. The maximum absolute atomic E-state index is 12.1. The molecule has 8 unspecified atom stereocenters. The molecule has 0 bridgehead atoms. The van der Waals surface area contributed by atoms with Crippen molar-refractivity contribution in [3.05, 3.63) is 0 Å². The van der Waals surface area contributed by atoms with Crippen LogP contribution in [0.4, 0.5) is 0 Å². The van der Waals surface area contributed by atoms with Crippen LogP contribution in [-0.4, -0.2) is 11.1 Å². The summed E-state index contributed by atoms with van der Waals surface area (Å²) in [5.41, 5.74) is -0.323. The molecule has 0 aromatic heterocycles. The van der Waals surface area contributed by atoms with E-state index in [0.29, 0.717) is 5.92 Å². The zero-order valence-electron chi connectivity index (χ0n) is 15.1. The third-order valence-electron chi connectivity index (χ3n) is 9.59. The van der Waals surface area contributed by atoms with Crippen molar-refractivity contribution in [2.75, 3.05) is 0 Å². The molecule has 2 nitrogen and oxygen atoms in total. The molecule has 2 heteroatoms. The number of hydrogen-bond acceptors (Lipinski definition) is 1. The summed E-state index contributed by atoms with van der Waals surface area (Å²) in [5.74, 6) is 5.72. The van der Waals surface area contributed by atoms with Crippen LogP contribution in [0.3, 0.4) is 0 Å². The van der Waals surface area contributed by atoms with Crippen LogP contribution >= 0.6 is 0 Å². The standard InChI is InChI=1S/C22H34O2/c23-21(24)22-12-3-6-20(22)19-10-9-16-15-5-2-1-4-14(15)7-8-17(16)18(19)11-13-22/h14-20H,1-13H2,(H,23,24). The average Bonchev–Trinajstić information content (AvgIpc) is 3.07. The highest BCUT2D eigenvalue weighted by atomic mass is 16.4. The van der Waals surface area contributed by atoms with Gasteiger partial charge in [-0.3, -0.25) is 4.79 Å². The van der Waals surface area contributed by atoms with Gasteiger partial charge in [0.15, 0.2) is 0 Å². The van der Waals surface area contributed by atoms with Crippen LogP contribution < -0.4 is 0 Å². The van der Waals surface area contributed by atoms with E-state index in [1.54, 1.807) is 0 Å². The Hall–Kier alpha value is -0.530. The average molecular weight is 331 g/mol. The molecule has 134 valence electrons. The van der Waals surface area contributed by atoms with Crippen molar-refractivity contribution in [3.63, 3.8) is 0 Å². The predicted octanol–water partition coefficient (Wildman–Crippen LogP) is 5.51. The molecule has 5 rings (SSSR count). The Morgan fingerprint density at radius 3 is 2.25 bits per heavy atom. The van der Waals surface area contributed by atoms with E-state index in [1.807, 2.05) is 0 Å². The van der Waals surface area contributed by atoms with E-state index >= 15 is 0 Å². The Balaban J connectivity index is 1.40. The minimum absolute atomic E-state index is 0.323. The van der Waals surface area contributed by atoms with Crippen molar-refractivity contribution in [1.82, 2.24) is 0 Å². The number of aliphatic carboxylic acids is 1. The Morgan fingerprint density at radius 1 is 0.667 bits per heavy atom.